The van der Waals surface area contributed by atoms with Crippen LogP contribution < -0.4 is 0 Å². The Morgan fingerprint density at radius 1 is 1.08 bits per heavy atom. The van der Waals surface area contributed by atoms with Gasteiger partial charge in [-0.3, -0.25) is 0 Å². The highest BCUT2D eigenvalue weighted by Gasteiger charge is 1.94. The SMILES string of the molecule is Brc1ccc(Br)s1.C1CCOC1. The summed E-state index contributed by atoms with van der Waals surface area (Å²) in [7, 11) is 0. The first-order valence-electron chi connectivity index (χ1n) is 3.77. The van der Waals surface area contributed by atoms with Crippen molar-refractivity contribution in [1.29, 1.82) is 0 Å². The van der Waals surface area contributed by atoms with Gasteiger partial charge in [0.15, 0.2) is 0 Å². The van der Waals surface area contributed by atoms with Crippen molar-refractivity contribution in [3.05, 3.63) is 19.7 Å². The lowest BCUT2D eigenvalue weighted by Gasteiger charge is -1.76. The zero-order valence-electron chi connectivity index (χ0n) is 6.56. The summed E-state index contributed by atoms with van der Waals surface area (Å²) < 4.78 is 7.28. The van der Waals surface area contributed by atoms with Gasteiger partial charge in [-0.1, -0.05) is 0 Å². The van der Waals surface area contributed by atoms with Gasteiger partial charge in [0.2, 0.25) is 0 Å². The number of ether oxygens (including phenoxy) is 1. The second kappa shape index (κ2) is 6.13. The molecule has 2 rings (SSSR count). The van der Waals surface area contributed by atoms with Crippen molar-refractivity contribution in [2.45, 2.75) is 12.8 Å². The van der Waals surface area contributed by atoms with E-state index in [2.05, 4.69) is 31.9 Å². The largest absolute Gasteiger partial charge is 0.381 e. The standard InChI is InChI=1S/C4H2Br2S.C4H8O/c5-3-1-2-4(6)7-3;1-2-4-5-3-1/h1-2H;1-4H2. The van der Waals surface area contributed by atoms with E-state index in [1.807, 2.05) is 12.1 Å². The maximum Gasteiger partial charge on any atom is 0.0710 e. The van der Waals surface area contributed by atoms with Gasteiger partial charge >= 0.3 is 0 Å². The maximum atomic E-state index is 4.94. The van der Waals surface area contributed by atoms with Gasteiger partial charge in [-0.15, -0.1) is 11.3 Å². The minimum atomic E-state index is 1.00. The van der Waals surface area contributed by atoms with Gasteiger partial charge in [0, 0.05) is 13.2 Å². The van der Waals surface area contributed by atoms with E-state index < -0.39 is 0 Å². The van der Waals surface area contributed by atoms with Gasteiger partial charge < -0.3 is 4.74 Å². The van der Waals surface area contributed by atoms with Crippen molar-refractivity contribution in [3.8, 4) is 0 Å². The molecule has 1 aliphatic heterocycles. The second-order valence-corrected chi connectivity index (χ2v) is 6.21. The molecule has 0 spiro atoms. The lowest BCUT2D eigenvalue weighted by Crippen LogP contribution is -1.74. The molecule has 0 radical (unpaired) electrons. The fraction of sp³-hybridized carbons (Fsp3) is 0.500. The van der Waals surface area contributed by atoms with Crippen molar-refractivity contribution in [3.63, 3.8) is 0 Å². The average molecular weight is 314 g/mol. The maximum absolute atomic E-state index is 4.94. The summed E-state index contributed by atoms with van der Waals surface area (Å²) in [6, 6.07) is 4.02. The van der Waals surface area contributed by atoms with E-state index in [0.717, 1.165) is 13.2 Å². The van der Waals surface area contributed by atoms with Crippen LogP contribution in [0.2, 0.25) is 0 Å². The van der Waals surface area contributed by atoms with E-state index in [4.69, 9.17) is 4.74 Å². The first kappa shape index (κ1) is 10.7. The average Bonchev–Trinajstić information content (AvgIpc) is 2.63. The summed E-state index contributed by atoms with van der Waals surface area (Å²) >= 11 is 8.32. The molecule has 0 unspecified atom stereocenters. The Hall–Kier alpha value is 0.620. The molecule has 68 valence electrons. The van der Waals surface area contributed by atoms with Gasteiger partial charge in [-0.25, -0.2) is 0 Å². The predicted molar refractivity (Wildman–Crippen MR) is 59.8 cm³/mol. The lowest BCUT2D eigenvalue weighted by atomic mass is 10.4. The van der Waals surface area contributed by atoms with Crippen molar-refractivity contribution < 1.29 is 4.74 Å². The molecular formula is C8H10Br2OS. The monoisotopic (exact) mass is 312 g/mol. The molecule has 1 nitrogen and oxygen atoms in total. The molecule has 0 bridgehead atoms. The third kappa shape index (κ3) is 4.60. The Labute approximate surface area is 93.4 Å². The summed E-state index contributed by atoms with van der Waals surface area (Å²) in [6.45, 7) is 2.00. The van der Waals surface area contributed by atoms with Crippen LogP contribution in [-0.4, -0.2) is 13.2 Å². The lowest BCUT2D eigenvalue weighted by molar-refractivity contribution is 0.198. The van der Waals surface area contributed by atoms with Crippen LogP contribution in [0.3, 0.4) is 0 Å². The third-order valence-corrected chi connectivity index (χ3v) is 3.53. The van der Waals surface area contributed by atoms with E-state index in [-0.39, 0.29) is 0 Å². The molecular weight excluding hydrogens is 304 g/mol. The van der Waals surface area contributed by atoms with Crippen LogP contribution in [0, 0.1) is 0 Å². The topological polar surface area (TPSA) is 9.23 Å². The first-order valence-corrected chi connectivity index (χ1v) is 6.18. The third-order valence-electron chi connectivity index (χ3n) is 1.37. The van der Waals surface area contributed by atoms with Crippen LogP contribution in [0.4, 0.5) is 0 Å². The van der Waals surface area contributed by atoms with Crippen LogP contribution >= 0.6 is 43.2 Å². The highest BCUT2D eigenvalue weighted by atomic mass is 79.9. The van der Waals surface area contributed by atoms with Crippen molar-refractivity contribution >= 4 is 43.2 Å². The molecule has 4 heteroatoms. The van der Waals surface area contributed by atoms with Gasteiger partial charge in [0.1, 0.15) is 0 Å². The Bertz CT molecular complexity index is 196. The molecule has 1 fully saturated rings. The molecule has 0 saturated carbocycles. The van der Waals surface area contributed by atoms with Gasteiger partial charge in [-0.2, -0.15) is 0 Å². The van der Waals surface area contributed by atoms with Crippen molar-refractivity contribution in [2.75, 3.05) is 13.2 Å². The van der Waals surface area contributed by atoms with E-state index in [1.54, 1.807) is 11.3 Å². The molecule has 0 N–H and O–H groups in total. The number of halogens is 2. The normalized spacial score (nSPS) is 15.5. The fourth-order valence-corrected chi connectivity index (χ4v) is 3.22. The quantitative estimate of drug-likeness (QED) is 0.701. The molecule has 0 aliphatic carbocycles. The molecule has 0 aromatic carbocycles. The van der Waals surface area contributed by atoms with Gasteiger partial charge in [0.05, 0.1) is 7.57 Å². The minimum absolute atomic E-state index is 1.00. The van der Waals surface area contributed by atoms with Crippen LogP contribution in [0.1, 0.15) is 12.8 Å². The second-order valence-electron chi connectivity index (χ2n) is 2.36. The van der Waals surface area contributed by atoms with Crippen molar-refractivity contribution in [2.24, 2.45) is 0 Å². The Morgan fingerprint density at radius 3 is 1.75 bits per heavy atom. The Kier molecular flexibility index (Phi) is 5.47. The highest BCUT2D eigenvalue weighted by Crippen LogP contribution is 2.25. The summed E-state index contributed by atoms with van der Waals surface area (Å²) in [5.74, 6) is 0. The van der Waals surface area contributed by atoms with Gasteiger partial charge in [-0.05, 0) is 56.8 Å². The van der Waals surface area contributed by atoms with Crippen molar-refractivity contribution in [1.82, 2.24) is 0 Å². The molecule has 1 aromatic rings. The van der Waals surface area contributed by atoms with Crippen LogP contribution in [0.5, 0.6) is 0 Å². The molecule has 0 atom stereocenters. The number of hydrogen-bond acceptors (Lipinski definition) is 2. The summed E-state index contributed by atoms with van der Waals surface area (Å²) in [5.41, 5.74) is 0. The minimum Gasteiger partial charge on any atom is -0.381 e. The van der Waals surface area contributed by atoms with E-state index >= 15 is 0 Å². The Balaban J connectivity index is 0.000000127. The first-order chi connectivity index (χ1) is 5.79. The zero-order chi connectivity index (χ0) is 8.81. The summed E-state index contributed by atoms with van der Waals surface area (Å²) in [6.07, 6.45) is 2.56. The molecule has 12 heavy (non-hydrogen) atoms. The smallest absolute Gasteiger partial charge is 0.0710 e. The van der Waals surface area contributed by atoms with Crippen LogP contribution in [0.15, 0.2) is 19.7 Å². The fourth-order valence-electron chi connectivity index (χ4n) is 0.803. The van der Waals surface area contributed by atoms with Gasteiger partial charge in [0.25, 0.3) is 0 Å². The predicted octanol–water partition coefficient (Wildman–Crippen LogP) is 4.07. The highest BCUT2D eigenvalue weighted by molar-refractivity contribution is 9.12. The summed E-state index contributed by atoms with van der Waals surface area (Å²) in [5, 5.41) is 0. The van der Waals surface area contributed by atoms with Crippen LogP contribution in [-0.2, 0) is 4.74 Å². The molecule has 1 aromatic heterocycles. The molecule has 1 saturated heterocycles. The number of rotatable bonds is 0. The zero-order valence-corrected chi connectivity index (χ0v) is 10.5. The van der Waals surface area contributed by atoms with E-state index in [1.165, 1.54) is 20.4 Å². The molecule has 1 aliphatic rings. The number of thiophene rings is 1. The van der Waals surface area contributed by atoms with E-state index in [9.17, 15) is 0 Å². The Morgan fingerprint density at radius 2 is 1.58 bits per heavy atom. The molecule has 2 heterocycles. The number of hydrogen-bond donors (Lipinski definition) is 0. The molecule has 0 amide bonds. The van der Waals surface area contributed by atoms with Crippen LogP contribution in [0.25, 0.3) is 0 Å². The summed E-state index contributed by atoms with van der Waals surface area (Å²) in [4.78, 5) is 0. The van der Waals surface area contributed by atoms with E-state index in [0.29, 0.717) is 0 Å².